The third-order valence-electron chi connectivity index (χ3n) is 3.48. The lowest BCUT2D eigenvalue weighted by molar-refractivity contribution is -0.137. The molecule has 2 aromatic rings. The average Bonchev–Trinajstić information content (AvgIpc) is 2.59. The molecule has 0 aliphatic heterocycles. The molecule has 152 valence electrons. The molecule has 12 heteroatoms. The summed E-state index contributed by atoms with van der Waals surface area (Å²) >= 11 is 0. The second-order valence-electron chi connectivity index (χ2n) is 5.69. The van der Waals surface area contributed by atoms with Crippen LogP contribution in [0.25, 0.3) is 0 Å². The number of amides is 1. The summed E-state index contributed by atoms with van der Waals surface area (Å²) in [6.07, 6.45) is -4.71. The van der Waals surface area contributed by atoms with E-state index in [0.717, 1.165) is 22.7 Å². The number of primary amides is 1. The summed E-state index contributed by atoms with van der Waals surface area (Å²) in [6.45, 7) is -0.575. The van der Waals surface area contributed by atoms with Gasteiger partial charge in [-0.2, -0.15) is 13.2 Å². The molecular weight excluding hydrogens is 403 g/mol. The number of benzene rings is 1. The molecule has 0 radical (unpaired) electrons. The van der Waals surface area contributed by atoms with Gasteiger partial charge in [0.1, 0.15) is 5.75 Å². The number of pyridine rings is 1. The first-order valence-electron chi connectivity index (χ1n) is 7.64. The van der Waals surface area contributed by atoms with E-state index in [9.17, 15) is 31.5 Å². The van der Waals surface area contributed by atoms with E-state index in [-0.39, 0.29) is 17.3 Å². The Bertz CT molecular complexity index is 931. The number of sulfonamides is 1. The lowest BCUT2D eigenvalue weighted by Crippen LogP contribution is -2.42. The maximum atomic E-state index is 12.5. The van der Waals surface area contributed by atoms with Gasteiger partial charge in [0, 0.05) is 12.3 Å². The average molecular weight is 419 g/mol. The number of aliphatic hydroxyl groups excluding tert-OH is 1. The van der Waals surface area contributed by atoms with Gasteiger partial charge in [-0.25, -0.2) is 13.4 Å². The molecule has 1 heterocycles. The van der Waals surface area contributed by atoms with Gasteiger partial charge in [0.05, 0.1) is 24.1 Å². The number of hydrogen-bond donors (Lipinski definition) is 2. The van der Waals surface area contributed by atoms with Crippen LogP contribution in [0.4, 0.5) is 18.9 Å². The number of nitrogens with two attached hydrogens (primary N) is 1. The molecule has 28 heavy (non-hydrogen) atoms. The zero-order chi connectivity index (χ0) is 21.1. The quantitative estimate of drug-likeness (QED) is 0.701. The van der Waals surface area contributed by atoms with Crippen LogP contribution in [-0.4, -0.2) is 43.3 Å². The molecule has 0 aliphatic carbocycles. The van der Waals surface area contributed by atoms with E-state index in [4.69, 9.17) is 10.5 Å². The van der Waals surface area contributed by atoms with Gasteiger partial charge < -0.3 is 15.6 Å². The highest BCUT2D eigenvalue weighted by Crippen LogP contribution is 2.30. The molecule has 1 aromatic carbocycles. The van der Waals surface area contributed by atoms with Crippen LogP contribution in [0.5, 0.6) is 11.6 Å². The van der Waals surface area contributed by atoms with Gasteiger partial charge in [-0.15, -0.1) is 0 Å². The summed E-state index contributed by atoms with van der Waals surface area (Å²) in [5.74, 6) is -0.994. The predicted molar refractivity (Wildman–Crippen MR) is 93.1 cm³/mol. The molecule has 0 unspecified atom stereocenters. The zero-order valence-electron chi connectivity index (χ0n) is 14.4. The largest absolute Gasteiger partial charge is 0.439 e. The van der Waals surface area contributed by atoms with Crippen molar-refractivity contribution in [1.29, 1.82) is 0 Å². The molecule has 1 aromatic heterocycles. The topological polar surface area (TPSA) is 123 Å². The maximum absolute atomic E-state index is 12.5. The number of ether oxygens (including phenoxy) is 1. The van der Waals surface area contributed by atoms with Gasteiger partial charge >= 0.3 is 6.18 Å². The number of rotatable bonds is 7. The lowest BCUT2D eigenvalue weighted by Gasteiger charge is -2.24. The zero-order valence-corrected chi connectivity index (χ0v) is 15.2. The number of hydrogen-bond acceptors (Lipinski definition) is 6. The van der Waals surface area contributed by atoms with E-state index in [2.05, 4.69) is 4.98 Å². The molecule has 0 saturated carbocycles. The van der Waals surface area contributed by atoms with Crippen LogP contribution in [0.3, 0.4) is 0 Å². The fraction of sp³-hybridized carbons (Fsp3) is 0.250. The minimum Gasteiger partial charge on any atom is -0.439 e. The van der Waals surface area contributed by atoms with Crippen LogP contribution in [0.2, 0.25) is 0 Å². The number of carbonyl (C=O) groups is 1. The number of nitrogens with zero attached hydrogens (tertiary/aromatic N) is 2. The molecule has 1 amide bonds. The summed E-state index contributed by atoms with van der Waals surface area (Å²) < 4.78 is 67.5. The Morgan fingerprint density at radius 2 is 1.86 bits per heavy atom. The Morgan fingerprint density at radius 3 is 2.29 bits per heavy atom. The fourth-order valence-corrected chi connectivity index (χ4v) is 3.01. The Labute approximate surface area is 158 Å². The van der Waals surface area contributed by atoms with E-state index < -0.39 is 40.3 Å². The van der Waals surface area contributed by atoms with Crippen LogP contribution in [0.15, 0.2) is 42.6 Å². The van der Waals surface area contributed by atoms with Gasteiger partial charge in [-0.3, -0.25) is 9.10 Å². The molecule has 3 N–H and O–H groups in total. The molecular formula is C16H16F3N3O5S. The normalized spacial score (nSPS) is 13.0. The summed E-state index contributed by atoms with van der Waals surface area (Å²) in [5.41, 5.74) is 4.14. The van der Waals surface area contributed by atoms with E-state index >= 15 is 0 Å². The first kappa shape index (κ1) is 21.4. The van der Waals surface area contributed by atoms with Crippen molar-refractivity contribution in [1.82, 2.24) is 4.98 Å². The van der Waals surface area contributed by atoms with Gasteiger partial charge in [-0.1, -0.05) is 0 Å². The van der Waals surface area contributed by atoms with Crippen LogP contribution >= 0.6 is 0 Å². The third kappa shape index (κ3) is 5.57. The standard InChI is InChI=1S/C16H16F3N3O5S/c1-28(25,26)22(9-13(23)15(20)24)11-3-5-12(6-4-11)27-14-7-2-10(8-21-14)16(17,18)19/h2-8,13,23H,9H2,1H3,(H2,20,24)/t13-/m0/s1. The van der Waals surface area contributed by atoms with Crippen molar-refractivity contribution in [2.75, 3.05) is 17.1 Å². The highest BCUT2D eigenvalue weighted by atomic mass is 32.2. The van der Waals surface area contributed by atoms with Crippen LogP contribution in [-0.2, 0) is 21.0 Å². The smallest absolute Gasteiger partial charge is 0.417 e. The van der Waals surface area contributed by atoms with Gasteiger partial charge in [0.15, 0.2) is 6.10 Å². The minimum atomic E-state index is -4.52. The van der Waals surface area contributed by atoms with Gasteiger partial charge in [0.2, 0.25) is 21.8 Å². The molecule has 1 atom stereocenters. The van der Waals surface area contributed by atoms with E-state index in [1.165, 1.54) is 24.3 Å². The Kier molecular flexibility index (Phi) is 6.14. The highest BCUT2D eigenvalue weighted by molar-refractivity contribution is 7.92. The van der Waals surface area contributed by atoms with Crippen LogP contribution < -0.4 is 14.8 Å². The number of alkyl halides is 3. The van der Waals surface area contributed by atoms with Crippen molar-refractivity contribution < 1.29 is 36.2 Å². The number of aliphatic hydroxyl groups is 1. The van der Waals surface area contributed by atoms with Crippen LogP contribution in [0, 0.1) is 0 Å². The fourth-order valence-electron chi connectivity index (χ4n) is 2.09. The number of anilines is 1. The molecule has 0 aliphatic rings. The maximum Gasteiger partial charge on any atom is 0.417 e. The van der Waals surface area contributed by atoms with Crippen LogP contribution in [0.1, 0.15) is 5.56 Å². The third-order valence-corrected chi connectivity index (χ3v) is 4.64. The van der Waals surface area contributed by atoms with E-state index in [1.54, 1.807) is 0 Å². The SMILES string of the molecule is CS(=O)(=O)N(C[C@H](O)C(N)=O)c1ccc(Oc2ccc(C(F)(F)F)cn2)cc1. The molecule has 0 bridgehead atoms. The van der Waals surface area contributed by atoms with Crippen molar-refractivity contribution in [2.24, 2.45) is 5.73 Å². The van der Waals surface area contributed by atoms with E-state index in [1.807, 2.05) is 0 Å². The van der Waals surface area contributed by atoms with Gasteiger partial charge in [0.25, 0.3) is 0 Å². The highest BCUT2D eigenvalue weighted by Gasteiger charge is 2.30. The Balaban J connectivity index is 2.18. The summed E-state index contributed by atoms with van der Waals surface area (Å²) in [5, 5.41) is 9.56. The lowest BCUT2D eigenvalue weighted by atomic mass is 10.2. The van der Waals surface area contributed by atoms with Crippen molar-refractivity contribution in [3.8, 4) is 11.6 Å². The Hall–Kier alpha value is -2.86. The first-order valence-corrected chi connectivity index (χ1v) is 9.49. The number of carbonyl (C=O) groups excluding carboxylic acids is 1. The minimum absolute atomic E-state index is 0.0927. The van der Waals surface area contributed by atoms with Crippen molar-refractivity contribution in [3.63, 3.8) is 0 Å². The summed E-state index contributed by atoms with van der Waals surface area (Å²) in [4.78, 5) is 14.6. The molecule has 0 fully saturated rings. The summed E-state index contributed by atoms with van der Waals surface area (Å²) in [6, 6.07) is 7.21. The second-order valence-corrected chi connectivity index (χ2v) is 7.60. The molecule has 8 nitrogen and oxygen atoms in total. The number of aromatic nitrogens is 1. The summed E-state index contributed by atoms with van der Waals surface area (Å²) in [7, 11) is -3.83. The van der Waals surface area contributed by atoms with Gasteiger partial charge in [-0.05, 0) is 30.3 Å². The van der Waals surface area contributed by atoms with Crippen molar-refractivity contribution in [3.05, 3.63) is 48.2 Å². The monoisotopic (exact) mass is 419 g/mol. The first-order chi connectivity index (χ1) is 12.9. The van der Waals surface area contributed by atoms with Crippen molar-refractivity contribution >= 4 is 21.6 Å². The predicted octanol–water partition coefficient (Wildman–Crippen LogP) is 1.50. The Morgan fingerprint density at radius 1 is 1.25 bits per heavy atom. The molecule has 0 spiro atoms. The second kappa shape index (κ2) is 8.02. The molecule has 0 saturated heterocycles. The van der Waals surface area contributed by atoms with E-state index in [0.29, 0.717) is 6.20 Å². The molecule has 2 rings (SSSR count). The number of halogens is 3. The van der Waals surface area contributed by atoms with Crippen molar-refractivity contribution in [2.45, 2.75) is 12.3 Å².